The second-order valence-corrected chi connectivity index (χ2v) is 10.0. The van der Waals surface area contributed by atoms with E-state index in [-0.39, 0.29) is 5.91 Å². The Bertz CT molecular complexity index is 1030. The fourth-order valence-electron chi connectivity index (χ4n) is 4.91. The summed E-state index contributed by atoms with van der Waals surface area (Å²) < 4.78 is 2.13. The highest BCUT2D eigenvalue weighted by molar-refractivity contribution is 5.75. The number of aliphatic hydroxyl groups excluding tert-OH is 1. The van der Waals surface area contributed by atoms with Crippen molar-refractivity contribution >= 4 is 18.1 Å². The topological polar surface area (TPSA) is 73.6 Å². The molecule has 0 aliphatic heterocycles. The molecule has 1 aromatic carbocycles. The summed E-state index contributed by atoms with van der Waals surface area (Å²) in [5.74, 6) is 0.726. The Morgan fingerprint density at radius 1 is 1.14 bits per heavy atom. The van der Waals surface area contributed by atoms with E-state index in [0.29, 0.717) is 44.3 Å². The van der Waals surface area contributed by atoms with Crippen LogP contribution in [0.4, 0.5) is 0 Å². The summed E-state index contributed by atoms with van der Waals surface area (Å²) in [5.41, 5.74) is 3.07. The molecule has 1 aliphatic carbocycles. The Hall–Kier alpha value is -2.74. The Balaban J connectivity index is 1.66. The average molecular weight is 508 g/mol. The van der Waals surface area contributed by atoms with Crippen molar-refractivity contribution in [3.8, 4) is 0 Å². The number of allylic oxidation sites excluding steroid dienone is 2. The summed E-state index contributed by atoms with van der Waals surface area (Å²) in [6.45, 7) is 6.99. The van der Waals surface area contributed by atoms with Gasteiger partial charge in [0.1, 0.15) is 0 Å². The molecule has 0 saturated heterocycles. The number of rotatable bonds is 15. The Labute approximate surface area is 222 Å². The van der Waals surface area contributed by atoms with Crippen LogP contribution in [0.1, 0.15) is 81.4 Å². The minimum absolute atomic E-state index is 0.0760. The first kappa shape index (κ1) is 28.8. The fraction of sp³-hybridized carbons (Fsp3) is 0.533. The maximum Gasteiger partial charge on any atom is 0.220 e. The zero-order chi connectivity index (χ0) is 26.6. The van der Waals surface area contributed by atoms with Gasteiger partial charge in [0.2, 0.25) is 5.91 Å². The lowest BCUT2D eigenvalue weighted by Crippen LogP contribution is -2.35. The molecular weight excluding hydrogens is 462 g/mol. The lowest BCUT2D eigenvalue weighted by atomic mass is 10.1. The number of nitrogens with zero attached hydrogens (tertiary/aromatic N) is 4. The third kappa shape index (κ3) is 8.38. The standard InChI is InChI=1S/C30H45N5O2/c1-5-21-34(22-13-18-28(36)31-20-19-25(6-2)33(3)4)30(37)29-32-26-16-11-8-12-17-27(26)35(29)23-24-14-9-7-10-15-24/h7,9-12,14-17,25,30,37H,5-6,8,13,18-23H2,1-4H3,(H,31,36). The summed E-state index contributed by atoms with van der Waals surface area (Å²) in [4.78, 5) is 21.6. The van der Waals surface area contributed by atoms with Crippen molar-refractivity contribution in [3.63, 3.8) is 0 Å². The van der Waals surface area contributed by atoms with Crippen LogP contribution in [-0.4, -0.2) is 70.1 Å². The molecule has 7 nitrogen and oxygen atoms in total. The zero-order valence-electron chi connectivity index (χ0n) is 23.1. The van der Waals surface area contributed by atoms with Gasteiger partial charge < -0.3 is 19.9 Å². The van der Waals surface area contributed by atoms with Crippen LogP contribution in [0.15, 0.2) is 42.5 Å². The lowest BCUT2D eigenvalue weighted by molar-refractivity contribution is -0.121. The van der Waals surface area contributed by atoms with Crippen molar-refractivity contribution in [3.05, 3.63) is 65.3 Å². The van der Waals surface area contributed by atoms with E-state index < -0.39 is 6.23 Å². The molecule has 2 N–H and O–H groups in total. The molecule has 2 atom stereocenters. The van der Waals surface area contributed by atoms with Crippen LogP contribution >= 0.6 is 0 Å². The predicted octanol–water partition coefficient (Wildman–Crippen LogP) is 4.69. The van der Waals surface area contributed by atoms with Crippen LogP contribution in [0, 0.1) is 0 Å². The monoisotopic (exact) mass is 507 g/mol. The van der Waals surface area contributed by atoms with Gasteiger partial charge in [-0.3, -0.25) is 9.69 Å². The minimum atomic E-state index is -0.842. The molecular formula is C30H45N5O2. The summed E-state index contributed by atoms with van der Waals surface area (Å²) in [5, 5.41) is 14.6. The molecule has 0 bridgehead atoms. The smallest absolute Gasteiger partial charge is 0.220 e. The molecule has 2 aromatic rings. The number of nitrogens with one attached hydrogen (secondary N) is 1. The van der Waals surface area contributed by atoms with Gasteiger partial charge >= 0.3 is 0 Å². The van der Waals surface area contributed by atoms with Crippen LogP contribution in [0.5, 0.6) is 0 Å². The maximum atomic E-state index is 12.4. The van der Waals surface area contributed by atoms with Gasteiger partial charge in [-0.05, 0) is 63.9 Å². The normalized spacial score (nSPS) is 14.6. The van der Waals surface area contributed by atoms with Crippen molar-refractivity contribution in [1.29, 1.82) is 0 Å². The quantitative estimate of drug-likeness (QED) is 0.342. The van der Waals surface area contributed by atoms with Gasteiger partial charge in [-0.1, -0.05) is 56.3 Å². The van der Waals surface area contributed by atoms with Gasteiger partial charge in [0.25, 0.3) is 0 Å². The van der Waals surface area contributed by atoms with Crippen molar-refractivity contribution < 1.29 is 9.90 Å². The Morgan fingerprint density at radius 3 is 2.59 bits per heavy atom. The molecule has 0 radical (unpaired) electrons. The zero-order valence-corrected chi connectivity index (χ0v) is 23.1. The molecule has 1 amide bonds. The molecule has 202 valence electrons. The van der Waals surface area contributed by atoms with Gasteiger partial charge in [-0.25, -0.2) is 4.98 Å². The van der Waals surface area contributed by atoms with E-state index in [1.807, 2.05) is 29.2 Å². The van der Waals surface area contributed by atoms with Crippen LogP contribution in [-0.2, 0) is 11.3 Å². The molecule has 3 rings (SSSR count). The molecule has 1 heterocycles. The van der Waals surface area contributed by atoms with Gasteiger partial charge in [-0.2, -0.15) is 0 Å². The number of carbonyl (C=O) groups is 1. The number of aliphatic hydroxyl groups is 1. The molecule has 1 aliphatic rings. The van der Waals surface area contributed by atoms with Gasteiger partial charge in [0.05, 0.1) is 11.4 Å². The van der Waals surface area contributed by atoms with Gasteiger partial charge in [0.15, 0.2) is 12.1 Å². The molecule has 0 fully saturated rings. The molecule has 1 aromatic heterocycles. The number of hydrogen-bond donors (Lipinski definition) is 2. The van der Waals surface area contributed by atoms with Crippen molar-refractivity contribution in [2.24, 2.45) is 0 Å². The van der Waals surface area contributed by atoms with E-state index in [0.717, 1.165) is 49.2 Å². The first-order chi connectivity index (χ1) is 17.9. The first-order valence-electron chi connectivity index (χ1n) is 13.8. The van der Waals surface area contributed by atoms with Crippen molar-refractivity contribution in [2.45, 2.75) is 71.2 Å². The number of fused-ring (bicyclic) bond motifs is 1. The summed E-state index contributed by atoms with van der Waals surface area (Å²) in [6.07, 6.45) is 12.5. The first-order valence-corrected chi connectivity index (χ1v) is 13.8. The highest BCUT2D eigenvalue weighted by Crippen LogP contribution is 2.26. The lowest BCUT2D eigenvalue weighted by Gasteiger charge is -2.28. The van der Waals surface area contributed by atoms with E-state index >= 15 is 0 Å². The highest BCUT2D eigenvalue weighted by atomic mass is 16.3. The summed E-state index contributed by atoms with van der Waals surface area (Å²) in [6, 6.07) is 10.8. The number of benzene rings is 1. The number of aromatic nitrogens is 2. The highest BCUT2D eigenvalue weighted by Gasteiger charge is 2.25. The van der Waals surface area contributed by atoms with Crippen LogP contribution in [0.2, 0.25) is 0 Å². The van der Waals surface area contributed by atoms with E-state index in [9.17, 15) is 9.90 Å². The third-order valence-electron chi connectivity index (χ3n) is 7.01. The predicted molar refractivity (Wildman–Crippen MR) is 152 cm³/mol. The van der Waals surface area contributed by atoms with E-state index in [2.05, 4.69) is 73.1 Å². The van der Waals surface area contributed by atoms with Crippen molar-refractivity contribution in [1.82, 2.24) is 24.7 Å². The summed E-state index contributed by atoms with van der Waals surface area (Å²) >= 11 is 0. The summed E-state index contributed by atoms with van der Waals surface area (Å²) in [7, 11) is 4.17. The number of amides is 1. The minimum Gasteiger partial charge on any atom is -0.371 e. The fourth-order valence-corrected chi connectivity index (χ4v) is 4.91. The Morgan fingerprint density at radius 2 is 1.89 bits per heavy atom. The van der Waals surface area contributed by atoms with Crippen LogP contribution in [0.25, 0.3) is 12.2 Å². The van der Waals surface area contributed by atoms with Gasteiger partial charge in [0, 0.05) is 38.6 Å². The number of carbonyl (C=O) groups excluding carboxylic acids is 1. The number of hydrogen-bond acceptors (Lipinski definition) is 5. The van der Waals surface area contributed by atoms with E-state index in [4.69, 9.17) is 4.98 Å². The second kappa shape index (κ2) is 14.9. The van der Waals surface area contributed by atoms with E-state index in [1.165, 1.54) is 0 Å². The van der Waals surface area contributed by atoms with Crippen LogP contribution in [0.3, 0.4) is 0 Å². The Kier molecular flexibility index (Phi) is 11.6. The van der Waals surface area contributed by atoms with Gasteiger partial charge in [-0.15, -0.1) is 0 Å². The largest absolute Gasteiger partial charge is 0.371 e. The molecule has 2 unspecified atom stereocenters. The average Bonchev–Trinajstić information content (AvgIpc) is 3.06. The molecule has 7 heteroatoms. The molecule has 0 spiro atoms. The SMILES string of the molecule is CCCN(CCCC(=O)NCCC(CC)N(C)C)C(O)c1nc2c(n1Cc1ccccc1)C=CCC=C2. The third-order valence-corrected chi connectivity index (χ3v) is 7.01. The molecule has 0 saturated carbocycles. The van der Waals surface area contributed by atoms with Crippen LogP contribution < -0.4 is 5.32 Å². The number of imidazole rings is 1. The van der Waals surface area contributed by atoms with E-state index in [1.54, 1.807) is 0 Å². The second-order valence-electron chi connectivity index (χ2n) is 10.0. The maximum absolute atomic E-state index is 12.4. The van der Waals surface area contributed by atoms with Crippen molar-refractivity contribution in [2.75, 3.05) is 33.7 Å². The molecule has 37 heavy (non-hydrogen) atoms.